The molecule has 0 saturated heterocycles. The number of nitrogens with zero attached hydrogens (tertiary/aromatic N) is 1. The van der Waals surface area contributed by atoms with Crippen molar-refractivity contribution in [3.63, 3.8) is 0 Å². The largest absolute Gasteiger partial charge is 0.454 e. The zero-order valence-corrected chi connectivity index (χ0v) is 17.8. The molecule has 1 atom stereocenters. The molecule has 2 aromatic rings. The second kappa shape index (κ2) is 9.76. The molecule has 3 rings (SSSR count). The Kier molecular flexibility index (Phi) is 7.11. The number of carbonyl (C=O) groups excluding carboxylic acids is 3. The molecule has 2 aromatic carbocycles. The van der Waals surface area contributed by atoms with Crippen LogP contribution in [0.5, 0.6) is 0 Å². The fourth-order valence-corrected chi connectivity index (χ4v) is 3.61. The van der Waals surface area contributed by atoms with E-state index >= 15 is 0 Å². The van der Waals surface area contributed by atoms with Crippen molar-refractivity contribution in [3.05, 3.63) is 70.2 Å². The van der Waals surface area contributed by atoms with Crippen LogP contribution in [0.15, 0.2) is 48.5 Å². The molecule has 1 aliphatic heterocycles. The molecule has 0 aliphatic carbocycles. The van der Waals surface area contributed by atoms with Crippen molar-refractivity contribution in [2.75, 3.05) is 13.2 Å². The highest BCUT2D eigenvalue weighted by atomic mass is 35.5. The van der Waals surface area contributed by atoms with Gasteiger partial charge in [-0.05, 0) is 35.6 Å². The van der Waals surface area contributed by atoms with Crippen molar-refractivity contribution in [2.24, 2.45) is 5.92 Å². The molecule has 1 N–H and O–H groups in total. The summed E-state index contributed by atoms with van der Waals surface area (Å²) in [6.07, 6.45) is 0.776. The zero-order valence-electron chi connectivity index (χ0n) is 17.1. The highest BCUT2D eigenvalue weighted by Gasteiger charge is 2.28. The van der Waals surface area contributed by atoms with Crippen molar-refractivity contribution in [1.29, 1.82) is 0 Å². The summed E-state index contributed by atoms with van der Waals surface area (Å²) in [5.41, 5.74) is 2.62. The van der Waals surface area contributed by atoms with E-state index in [1.807, 2.05) is 18.2 Å². The van der Waals surface area contributed by atoms with Crippen molar-refractivity contribution in [3.8, 4) is 0 Å². The minimum atomic E-state index is -0.886. The first-order chi connectivity index (χ1) is 14.4. The molecule has 158 valence electrons. The predicted molar refractivity (Wildman–Crippen MR) is 114 cm³/mol. The Morgan fingerprint density at radius 3 is 2.43 bits per heavy atom. The first kappa shape index (κ1) is 21.8. The van der Waals surface area contributed by atoms with Crippen LogP contribution in [0.25, 0.3) is 0 Å². The van der Waals surface area contributed by atoms with Gasteiger partial charge in [-0.25, -0.2) is 4.79 Å². The predicted octanol–water partition coefficient (Wildman–Crippen LogP) is 3.22. The SMILES string of the molecule is CC(C)C(NC(=O)c1ccccc1Cl)C(=O)OCC(=O)N1CCc2ccccc2C1. The first-order valence-electron chi connectivity index (χ1n) is 9.93. The Labute approximate surface area is 181 Å². The first-order valence-corrected chi connectivity index (χ1v) is 10.3. The van der Waals surface area contributed by atoms with Gasteiger partial charge in [0.05, 0.1) is 10.6 Å². The second-order valence-electron chi connectivity index (χ2n) is 7.62. The maximum atomic E-state index is 12.6. The van der Waals surface area contributed by atoms with Gasteiger partial charge in [0, 0.05) is 13.1 Å². The van der Waals surface area contributed by atoms with Crippen LogP contribution < -0.4 is 5.32 Å². The lowest BCUT2D eigenvalue weighted by Gasteiger charge is -2.29. The van der Waals surface area contributed by atoms with Gasteiger partial charge in [-0.1, -0.05) is 61.8 Å². The summed E-state index contributed by atoms with van der Waals surface area (Å²) in [6.45, 7) is 4.32. The highest BCUT2D eigenvalue weighted by molar-refractivity contribution is 6.33. The van der Waals surface area contributed by atoms with E-state index in [1.165, 1.54) is 5.56 Å². The Morgan fingerprint density at radius 1 is 1.07 bits per heavy atom. The minimum absolute atomic E-state index is 0.221. The van der Waals surface area contributed by atoms with Gasteiger partial charge < -0.3 is 15.0 Å². The average molecular weight is 429 g/mol. The summed E-state index contributed by atoms with van der Waals surface area (Å²) in [7, 11) is 0. The van der Waals surface area contributed by atoms with Crippen LogP contribution in [0.3, 0.4) is 0 Å². The molecule has 0 radical (unpaired) electrons. The van der Waals surface area contributed by atoms with Gasteiger partial charge >= 0.3 is 5.97 Å². The molecule has 7 heteroatoms. The molecule has 1 unspecified atom stereocenters. The molecule has 0 spiro atoms. The standard InChI is InChI=1S/C23H25ClN2O4/c1-15(2)21(25-22(28)18-9-5-6-10-19(18)24)23(29)30-14-20(27)26-12-11-16-7-3-4-8-17(16)13-26/h3-10,15,21H,11-14H2,1-2H3,(H,25,28). The number of halogens is 1. The molecule has 0 fully saturated rings. The van der Waals surface area contributed by atoms with Gasteiger partial charge in [0.2, 0.25) is 0 Å². The molecule has 1 heterocycles. The van der Waals surface area contributed by atoms with E-state index in [0.29, 0.717) is 18.1 Å². The van der Waals surface area contributed by atoms with E-state index in [-0.39, 0.29) is 24.0 Å². The van der Waals surface area contributed by atoms with Gasteiger partial charge in [-0.2, -0.15) is 0 Å². The topological polar surface area (TPSA) is 75.7 Å². The zero-order chi connectivity index (χ0) is 21.7. The molecule has 30 heavy (non-hydrogen) atoms. The number of esters is 1. The summed E-state index contributed by atoms with van der Waals surface area (Å²) >= 11 is 6.06. The number of fused-ring (bicyclic) bond motifs is 1. The summed E-state index contributed by atoms with van der Waals surface area (Å²) in [6, 6.07) is 13.7. The Balaban J connectivity index is 1.57. The fraction of sp³-hybridized carbons (Fsp3) is 0.348. The number of ether oxygens (including phenoxy) is 1. The fourth-order valence-electron chi connectivity index (χ4n) is 3.38. The number of rotatable bonds is 6. The van der Waals surface area contributed by atoms with Crippen LogP contribution in [-0.2, 0) is 27.3 Å². The second-order valence-corrected chi connectivity index (χ2v) is 8.02. The number of carbonyl (C=O) groups is 3. The maximum Gasteiger partial charge on any atom is 0.329 e. The lowest BCUT2D eigenvalue weighted by molar-refractivity contribution is -0.154. The van der Waals surface area contributed by atoms with Gasteiger partial charge in [-0.15, -0.1) is 0 Å². The Bertz CT molecular complexity index is 944. The van der Waals surface area contributed by atoms with Crippen LogP contribution in [0.1, 0.15) is 35.3 Å². The van der Waals surface area contributed by atoms with Crippen LogP contribution in [0.4, 0.5) is 0 Å². The molecule has 0 saturated carbocycles. The van der Waals surface area contributed by atoms with Crippen LogP contribution >= 0.6 is 11.6 Å². The normalized spacial score (nSPS) is 14.1. The third-order valence-corrected chi connectivity index (χ3v) is 5.48. The van der Waals surface area contributed by atoms with E-state index in [1.54, 1.807) is 43.0 Å². The Hall–Kier alpha value is -2.86. The van der Waals surface area contributed by atoms with E-state index < -0.39 is 17.9 Å². The van der Waals surface area contributed by atoms with E-state index in [2.05, 4.69) is 11.4 Å². The van der Waals surface area contributed by atoms with Gasteiger partial charge in [0.1, 0.15) is 6.04 Å². The third kappa shape index (κ3) is 5.19. The number of amides is 2. The summed E-state index contributed by atoms with van der Waals surface area (Å²) in [5.74, 6) is -1.58. The van der Waals surface area contributed by atoms with Crippen molar-refractivity contribution in [2.45, 2.75) is 32.9 Å². The lowest BCUT2D eigenvalue weighted by Crippen LogP contribution is -2.46. The van der Waals surface area contributed by atoms with E-state index in [9.17, 15) is 14.4 Å². The van der Waals surface area contributed by atoms with E-state index in [0.717, 1.165) is 12.0 Å². The third-order valence-electron chi connectivity index (χ3n) is 5.15. The molecule has 2 amide bonds. The lowest BCUT2D eigenvalue weighted by atomic mass is 10.00. The smallest absolute Gasteiger partial charge is 0.329 e. The quantitative estimate of drug-likeness (QED) is 0.717. The van der Waals surface area contributed by atoms with Crippen LogP contribution in [-0.4, -0.2) is 41.9 Å². The molecular weight excluding hydrogens is 404 g/mol. The number of hydrogen-bond donors (Lipinski definition) is 1. The molecule has 0 bridgehead atoms. The highest BCUT2D eigenvalue weighted by Crippen LogP contribution is 2.19. The molecule has 6 nitrogen and oxygen atoms in total. The average Bonchev–Trinajstić information content (AvgIpc) is 2.75. The molecule has 1 aliphatic rings. The summed E-state index contributed by atoms with van der Waals surface area (Å²) in [4.78, 5) is 39.3. The van der Waals surface area contributed by atoms with Gasteiger partial charge in [0.15, 0.2) is 6.61 Å². The molecular formula is C23H25ClN2O4. The van der Waals surface area contributed by atoms with Crippen molar-refractivity contribution in [1.82, 2.24) is 10.2 Å². The van der Waals surface area contributed by atoms with Crippen molar-refractivity contribution < 1.29 is 19.1 Å². The molecule has 0 aromatic heterocycles. The summed E-state index contributed by atoms with van der Waals surface area (Å²) < 4.78 is 5.26. The number of benzene rings is 2. The van der Waals surface area contributed by atoms with E-state index in [4.69, 9.17) is 16.3 Å². The van der Waals surface area contributed by atoms with Gasteiger partial charge in [-0.3, -0.25) is 9.59 Å². The van der Waals surface area contributed by atoms with Gasteiger partial charge in [0.25, 0.3) is 11.8 Å². The van der Waals surface area contributed by atoms with Crippen LogP contribution in [0, 0.1) is 5.92 Å². The van der Waals surface area contributed by atoms with Crippen LogP contribution in [0.2, 0.25) is 5.02 Å². The number of hydrogen-bond acceptors (Lipinski definition) is 4. The minimum Gasteiger partial charge on any atom is -0.454 e. The number of nitrogens with one attached hydrogen (secondary N) is 1. The monoisotopic (exact) mass is 428 g/mol. The maximum absolute atomic E-state index is 12.6. The van der Waals surface area contributed by atoms with Crippen molar-refractivity contribution >= 4 is 29.4 Å². The summed E-state index contributed by atoms with van der Waals surface area (Å²) in [5, 5.41) is 2.96. The Morgan fingerprint density at radius 2 is 1.73 bits per heavy atom.